The Balaban J connectivity index is 0.00000256. The second-order valence-corrected chi connectivity index (χ2v) is 7.33. The molecule has 1 aromatic heterocycles. The molecule has 2 heterocycles. The maximum absolute atomic E-state index is 5.99. The van der Waals surface area contributed by atoms with Crippen molar-refractivity contribution in [1.82, 2.24) is 15.6 Å². The number of hydrogen-bond donors (Lipinski definition) is 2. The summed E-state index contributed by atoms with van der Waals surface area (Å²) in [7, 11) is 1.75. The van der Waals surface area contributed by atoms with Crippen LogP contribution in [0.15, 0.2) is 47.6 Å². The molecule has 7 nitrogen and oxygen atoms in total. The van der Waals surface area contributed by atoms with Gasteiger partial charge >= 0.3 is 0 Å². The van der Waals surface area contributed by atoms with Gasteiger partial charge in [0.1, 0.15) is 18.8 Å². The number of rotatable bonds is 6. The maximum atomic E-state index is 5.99. The fraction of sp³-hybridized carbons (Fsp3) is 0.455. The Labute approximate surface area is 194 Å². The van der Waals surface area contributed by atoms with Gasteiger partial charge in [-0.3, -0.25) is 4.99 Å². The summed E-state index contributed by atoms with van der Waals surface area (Å²) in [6.45, 7) is 1.74. The monoisotopic (exact) mass is 524 g/mol. The highest BCUT2D eigenvalue weighted by molar-refractivity contribution is 14.0. The van der Waals surface area contributed by atoms with E-state index in [4.69, 9.17) is 14.2 Å². The Morgan fingerprint density at radius 1 is 1.17 bits per heavy atom. The Bertz CT molecular complexity index is 843. The highest BCUT2D eigenvalue weighted by Crippen LogP contribution is 2.30. The Hall–Kier alpha value is -2.23. The maximum Gasteiger partial charge on any atom is 0.213 e. The van der Waals surface area contributed by atoms with Crippen molar-refractivity contribution in [3.63, 3.8) is 0 Å². The summed E-state index contributed by atoms with van der Waals surface area (Å²) in [5.74, 6) is 2.98. The van der Waals surface area contributed by atoms with Crippen LogP contribution in [0.25, 0.3) is 0 Å². The second kappa shape index (κ2) is 11.2. The number of guanidine groups is 1. The number of pyridine rings is 1. The molecule has 0 radical (unpaired) electrons. The van der Waals surface area contributed by atoms with Gasteiger partial charge in [0.2, 0.25) is 5.88 Å². The lowest BCUT2D eigenvalue weighted by Gasteiger charge is -2.27. The van der Waals surface area contributed by atoms with Crippen LogP contribution in [0.5, 0.6) is 17.4 Å². The predicted octanol–water partition coefficient (Wildman–Crippen LogP) is 3.53. The Kier molecular flexibility index (Phi) is 8.41. The van der Waals surface area contributed by atoms with Gasteiger partial charge in [-0.2, -0.15) is 0 Å². The molecule has 1 atom stereocenters. The van der Waals surface area contributed by atoms with Crippen molar-refractivity contribution in [1.29, 1.82) is 0 Å². The number of nitrogens with zero attached hydrogens (tertiary/aromatic N) is 2. The standard InChI is InChI=1S/C22H28N4O3.HI/c1-23-22(26-14-18-15-27-19-8-4-5-9-20(19)28-18)25-13-16-10-11-24-21(12-16)29-17-6-2-3-7-17;/h4-5,8-12,17-18H,2-3,6-7,13-15H2,1H3,(H2,23,25,26);1H. The SMILES string of the molecule is CN=C(NCc1ccnc(OC2CCCC2)c1)NCC1COc2ccccc2O1.I. The zero-order chi connectivity index (χ0) is 19.9. The molecule has 2 aliphatic rings. The molecule has 1 unspecified atom stereocenters. The third kappa shape index (κ3) is 6.13. The van der Waals surface area contributed by atoms with Gasteiger partial charge in [-0.05, 0) is 49.4 Å². The van der Waals surface area contributed by atoms with E-state index in [1.807, 2.05) is 36.4 Å². The number of aliphatic imine (C=N–C) groups is 1. The summed E-state index contributed by atoms with van der Waals surface area (Å²) >= 11 is 0. The first-order valence-electron chi connectivity index (χ1n) is 10.2. The lowest BCUT2D eigenvalue weighted by Crippen LogP contribution is -2.45. The zero-order valence-corrected chi connectivity index (χ0v) is 19.5. The van der Waals surface area contributed by atoms with Crippen molar-refractivity contribution in [2.24, 2.45) is 4.99 Å². The highest BCUT2D eigenvalue weighted by atomic mass is 127. The quantitative estimate of drug-likeness (QED) is 0.342. The van der Waals surface area contributed by atoms with Crippen LogP contribution in [-0.2, 0) is 6.54 Å². The highest BCUT2D eigenvalue weighted by Gasteiger charge is 2.20. The van der Waals surface area contributed by atoms with Gasteiger partial charge in [-0.1, -0.05) is 12.1 Å². The summed E-state index contributed by atoms with van der Waals surface area (Å²) in [6, 6.07) is 11.7. The van der Waals surface area contributed by atoms with Crippen molar-refractivity contribution in [3.05, 3.63) is 48.2 Å². The minimum atomic E-state index is -0.0733. The van der Waals surface area contributed by atoms with E-state index >= 15 is 0 Å². The van der Waals surface area contributed by atoms with E-state index in [0.29, 0.717) is 37.6 Å². The lowest BCUT2D eigenvalue weighted by molar-refractivity contribution is 0.0936. The lowest BCUT2D eigenvalue weighted by atomic mass is 10.2. The fourth-order valence-corrected chi connectivity index (χ4v) is 3.58. The van der Waals surface area contributed by atoms with Crippen molar-refractivity contribution in [2.45, 2.75) is 44.4 Å². The van der Waals surface area contributed by atoms with Crippen LogP contribution in [0.3, 0.4) is 0 Å². The van der Waals surface area contributed by atoms with E-state index in [1.54, 1.807) is 13.2 Å². The van der Waals surface area contributed by atoms with Crippen LogP contribution in [-0.4, -0.2) is 43.4 Å². The van der Waals surface area contributed by atoms with E-state index in [1.165, 1.54) is 12.8 Å². The van der Waals surface area contributed by atoms with Crippen molar-refractivity contribution >= 4 is 29.9 Å². The fourth-order valence-electron chi connectivity index (χ4n) is 3.58. The molecule has 1 saturated carbocycles. The normalized spacial score (nSPS) is 18.4. The number of benzene rings is 1. The minimum absolute atomic E-state index is 0. The van der Waals surface area contributed by atoms with Gasteiger partial charge in [0.05, 0.1) is 6.54 Å². The Morgan fingerprint density at radius 2 is 1.97 bits per heavy atom. The van der Waals surface area contributed by atoms with Crippen molar-refractivity contribution < 1.29 is 14.2 Å². The third-order valence-electron chi connectivity index (χ3n) is 5.14. The summed E-state index contributed by atoms with van der Waals surface area (Å²) in [5, 5.41) is 6.63. The first-order chi connectivity index (χ1) is 14.3. The molecular formula is C22H29IN4O3. The first kappa shape index (κ1) is 22.5. The molecule has 0 saturated heterocycles. The molecule has 0 spiro atoms. The molecule has 8 heteroatoms. The van der Waals surface area contributed by atoms with Crippen molar-refractivity contribution in [3.8, 4) is 17.4 Å². The zero-order valence-electron chi connectivity index (χ0n) is 17.2. The van der Waals surface area contributed by atoms with E-state index in [2.05, 4.69) is 20.6 Å². The van der Waals surface area contributed by atoms with E-state index in [9.17, 15) is 0 Å². The average molecular weight is 524 g/mol. The molecule has 2 N–H and O–H groups in total. The molecule has 1 fully saturated rings. The smallest absolute Gasteiger partial charge is 0.213 e. The molecular weight excluding hydrogens is 495 g/mol. The van der Waals surface area contributed by atoms with Crippen molar-refractivity contribution in [2.75, 3.05) is 20.2 Å². The minimum Gasteiger partial charge on any atom is -0.486 e. The number of halogens is 1. The van der Waals surface area contributed by atoms with Crippen LogP contribution >= 0.6 is 24.0 Å². The topological polar surface area (TPSA) is 77.0 Å². The summed E-state index contributed by atoms with van der Waals surface area (Å²) in [6.07, 6.45) is 6.77. The molecule has 30 heavy (non-hydrogen) atoms. The summed E-state index contributed by atoms with van der Waals surface area (Å²) in [5.41, 5.74) is 1.10. The predicted molar refractivity (Wildman–Crippen MR) is 127 cm³/mol. The average Bonchev–Trinajstić information content (AvgIpc) is 3.27. The van der Waals surface area contributed by atoms with Crippen LogP contribution in [0, 0.1) is 0 Å². The first-order valence-corrected chi connectivity index (χ1v) is 10.2. The number of aromatic nitrogens is 1. The van der Waals surface area contributed by atoms with Crippen LogP contribution in [0.2, 0.25) is 0 Å². The molecule has 1 aliphatic heterocycles. The number of para-hydroxylation sites is 2. The number of hydrogen-bond acceptors (Lipinski definition) is 5. The molecule has 0 bridgehead atoms. The van der Waals surface area contributed by atoms with Gasteiger partial charge in [0.15, 0.2) is 17.5 Å². The van der Waals surface area contributed by atoms with E-state index < -0.39 is 0 Å². The number of nitrogens with one attached hydrogen (secondary N) is 2. The van der Waals surface area contributed by atoms with E-state index in [-0.39, 0.29) is 30.1 Å². The summed E-state index contributed by atoms with van der Waals surface area (Å²) < 4.78 is 17.7. The van der Waals surface area contributed by atoms with Gasteiger partial charge < -0.3 is 24.8 Å². The van der Waals surface area contributed by atoms with E-state index in [0.717, 1.165) is 29.9 Å². The molecule has 4 rings (SSSR count). The second-order valence-electron chi connectivity index (χ2n) is 7.33. The molecule has 162 valence electrons. The third-order valence-corrected chi connectivity index (χ3v) is 5.14. The summed E-state index contributed by atoms with van der Waals surface area (Å²) in [4.78, 5) is 8.63. The molecule has 0 amide bonds. The van der Waals surface area contributed by atoms with Crippen LogP contribution in [0.1, 0.15) is 31.2 Å². The molecule has 1 aromatic carbocycles. The van der Waals surface area contributed by atoms with Gasteiger partial charge in [0.25, 0.3) is 0 Å². The largest absolute Gasteiger partial charge is 0.486 e. The number of fused-ring (bicyclic) bond motifs is 1. The molecule has 1 aliphatic carbocycles. The van der Waals surface area contributed by atoms with Crippen LogP contribution < -0.4 is 24.8 Å². The number of ether oxygens (including phenoxy) is 3. The molecule has 2 aromatic rings. The van der Waals surface area contributed by atoms with Crippen LogP contribution in [0.4, 0.5) is 0 Å². The Morgan fingerprint density at radius 3 is 2.77 bits per heavy atom. The van der Waals surface area contributed by atoms with Gasteiger partial charge in [0, 0.05) is 25.9 Å². The van der Waals surface area contributed by atoms with Gasteiger partial charge in [-0.25, -0.2) is 4.98 Å². The van der Waals surface area contributed by atoms with Gasteiger partial charge in [-0.15, -0.1) is 24.0 Å².